The molecule has 19 heavy (non-hydrogen) atoms. The fourth-order valence-electron chi connectivity index (χ4n) is 0.830. The first kappa shape index (κ1) is 17.8. The Morgan fingerprint density at radius 1 is 1.00 bits per heavy atom. The predicted molar refractivity (Wildman–Crippen MR) is 96.4 cm³/mol. The number of rotatable bonds is 8. The normalized spacial score (nSPS) is 10.2. The summed E-state index contributed by atoms with van der Waals surface area (Å²) in [5.41, 5.74) is 0. The molecule has 0 unspecified atom stereocenters. The zero-order valence-corrected chi connectivity index (χ0v) is 15.3. The van der Waals surface area contributed by atoms with Crippen LogP contribution in [0.1, 0.15) is 0 Å². The minimum absolute atomic E-state index is 0.260. The van der Waals surface area contributed by atoms with E-state index in [0.29, 0.717) is 13.2 Å². The maximum Gasteiger partial charge on any atom is 0.216 e. The van der Waals surface area contributed by atoms with Crippen LogP contribution in [0.15, 0.2) is 8.68 Å². The van der Waals surface area contributed by atoms with Gasteiger partial charge in [0.25, 0.3) is 0 Å². The Morgan fingerprint density at radius 2 is 1.42 bits per heavy atom. The van der Waals surface area contributed by atoms with Crippen LogP contribution in [0.2, 0.25) is 0 Å². The molecule has 0 amide bonds. The summed E-state index contributed by atoms with van der Waals surface area (Å²) in [4.78, 5) is 0. The van der Waals surface area contributed by atoms with Gasteiger partial charge in [0.2, 0.25) is 8.77 Å². The van der Waals surface area contributed by atoms with Gasteiger partial charge in [-0.3, -0.25) is 0 Å². The second-order valence-corrected chi connectivity index (χ2v) is 8.58. The van der Waals surface area contributed by atoms with Crippen molar-refractivity contribution in [2.24, 2.45) is 0 Å². The van der Waals surface area contributed by atoms with Gasteiger partial charge in [-0.15, -0.1) is 10.2 Å². The van der Waals surface area contributed by atoms with Crippen molar-refractivity contribution in [2.75, 3.05) is 24.7 Å². The zero-order chi connectivity index (χ0) is 14.1. The van der Waals surface area contributed by atoms with Gasteiger partial charge in [-0.1, -0.05) is 60.1 Å². The van der Waals surface area contributed by atoms with Gasteiger partial charge in [-0.2, -0.15) is 0 Å². The van der Waals surface area contributed by atoms with E-state index in [9.17, 15) is 0 Å². The zero-order valence-electron chi connectivity index (χ0n) is 9.48. The summed E-state index contributed by atoms with van der Waals surface area (Å²) in [6, 6.07) is 0. The van der Waals surface area contributed by atoms with E-state index in [1.165, 1.54) is 11.3 Å². The smallest absolute Gasteiger partial charge is 0.216 e. The van der Waals surface area contributed by atoms with E-state index in [1.54, 1.807) is 23.5 Å². The Labute approximate surface area is 145 Å². The van der Waals surface area contributed by atoms with E-state index in [2.05, 4.69) is 59.9 Å². The van der Waals surface area contributed by atoms with Crippen LogP contribution in [-0.4, -0.2) is 43.7 Å². The molecule has 1 heterocycles. The highest BCUT2D eigenvalue weighted by atomic mass is 32.2. The SMILES string of the molecule is S=C(S)OCCSc1nnc(SCCOC(=S)S)s1. The van der Waals surface area contributed by atoms with Crippen molar-refractivity contribution < 1.29 is 9.47 Å². The van der Waals surface area contributed by atoms with Gasteiger partial charge in [-0.05, 0) is 24.4 Å². The predicted octanol–water partition coefficient (Wildman–Crippen LogP) is 3.18. The summed E-state index contributed by atoms with van der Waals surface area (Å²) in [6.45, 7) is 1.03. The molecule has 0 bridgehead atoms. The van der Waals surface area contributed by atoms with Crippen LogP contribution in [0, 0.1) is 0 Å². The lowest BCUT2D eigenvalue weighted by Gasteiger charge is -2.00. The summed E-state index contributed by atoms with van der Waals surface area (Å²) < 4.78 is 12.5. The van der Waals surface area contributed by atoms with Crippen LogP contribution < -0.4 is 0 Å². The molecule has 0 saturated carbocycles. The summed E-state index contributed by atoms with van der Waals surface area (Å²) >= 11 is 21.8. The van der Waals surface area contributed by atoms with E-state index < -0.39 is 0 Å². The van der Waals surface area contributed by atoms with Crippen LogP contribution in [0.3, 0.4) is 0 Å². The molecule has 0 aliphatic carbocycles. The highest BCUT2D eigenvalue weighted by molar-refractivity contribution is 8.10. The third kappa shape index (κ3) is 9.32. The van der Waals surface area contributed by atoms with Gasteiger partial charge < -0.3 is 9.47 Å². The van der Waals surface area contributed by atoms with Crippen LogP contribution in [0.4, 0.5) is 0 Å². The molecule has 0 atom stereocenters. The molecular formula is C8H10N2O2S7. The molecule has 0 aliphatic rings. The molecule has 106 valence electrons. The van der Waals surface area contributed by atoms with E-state index >= 15 is 0 Å². The van der Waals surface area contributed by atoms with E-state index in [0.717, 1.165) is 20.2 Å². The van der Waals surface area contributed by atoms with Gasteiger partial charge in [-0.25, -0.2) is 0 Å². The Morgan fingerprint density at radius 3 is 1.79 bits per heavy atom. The standard InChI is InChI=1S/C8H10N2O2S7/c13-7(14)11-1-3-17-5-9-10-6(19-5)18-4-2-12-8(15)16/h1-4H2,(H,13,14)(H,15,16). The molecule has 0 spiro atoms. The molecule has 0 fully saturated rings. The van der Waals surface area contributed by atoms with Crippen molar-refractivity contribution in [3.05, 3.63) is 0 Å². The molecule has 4 nitrogen and oxygen atoms in total. The molecule has 1 aromatic heterocycles. The monoisotopic (exact) mass is 390 g/mol. The maximum absolute atomic E-state index is 5.06. The maximum atomic E-state index is 5.06. The van der Waals surface area contributed by atoms with Crippen LogP contribution in [-0.2, 0) is 9.47 Å². The summed E-state index contributed by atoms with van der Waals surface area (Å²) in [6.07, 6.45) is 0. The van der Waals surface area contributed by atoms with Crippen molar-refractivity contribution >= 4 is 93.3 Å². The van der Waals surface area contributed by atoms with Gasteiger partial charge in [0.1, 0.15) is 0 Å². The fraction of sp³-hybridized carbons (Fsp3) is 0.500. The molecular weight excluding hydrogens is 381 g/mol. The molecule has 0 aromatic carbocycles. The summed E-state index contributed by atoms with van der Waals surface area (Å²) in [7, 11) is 0. The molecule has 0 saturated heterocycles. The molecule has 0 N–H and O–H groups in total. The first-order valence-electron chi connectivity index (χ1n) is 4.88. The molecule has 11 heteroatoms. The lowest BCUT2D eigenvalue weighted by Crippen LogP contribution is -1.98. The lowest BCUT2D eigenvalue weighted by molar-refractivity contribution is 0.350. The number of thiocarbonyl (C=S) groups is 2. The number of ether oxygens (including phenoxy) is 2. The average Bonchev–Trinajstić information content (AvgIpc) is 2.78. The van der Waals surface area contributed by atoms with Crippen LogP contribution >= 0.6 is 84.6 Å². The topological polar surface area (TPSA) is 44.2 Å². The Hall–Kier alpha value is 0.740. The number of thiol groups is 2. The third-order valence-electron chi connectivity index (χ3n) is 1.46. The third-order valence-corrected chi connectivity index (χ3v) is 5.07. The lowest BCUT2D eigenvalue weighted by atomic mass is 10.9. The minimum Gasteiger partial charge on any atom is -0.478 e. The molecule has 1 aromatic rings. The second-order valence-electron chi connectivity index (χ2n) is 2.76. The molecule has 0 aliphatic heterocycles. The van der Waals surface area contributed by atoms with Crippen molar-refractivity contribution in [3.63, 3.8) is 0 Å². The summed E-state index contributed by atoms with van der Waals surface area (Å²) in [5.74, 6) is 1.52. The average molecular weight is 391 g/mol. The highest BCUT2D eigenvalue weighted by Crippen LogP contribution is 2.28. The van der Waals surface area contributed by atoms with Crippen molar-refractivity contribution in [1.29, 1.82) is 0 Å². The molecule has 0 radical (unpaired) electrons. The number of thioether (sulfide) groups is 2. The largest absolute Gasteiger partial charge is 0.478 e. The van der Waals surface area contributed by atoms with Gasteiger partial charge in [0.15, 0.2) is 8.68 Å². The highest BCUT2D eigenvalue weighted by Gasteiger charge is 2.05. The second kappa shape index (κ2) is 10.5. The Kier molecular flexibility index (Phi) is 9.80. The fourth-order valence-corrected chi connectivity index (χ4v) is 3.97. The molecule has 1 rings (SSSR count). The van der Waals surface area contributed by atoms with Crippen LogP contribution in [0.25, 0.3) is 0 Å². The first-order chi connectivity index (χ1) is 9.08. The quantitative estimate of drug-likeness (QED) is 0.304. The first-order valence-corrected chi connectivity index (χ1v) is 9.38. The Balaban J connectivity index is 2.17. The van der Waals surface area contributed by atoms with Crippen LogP contribution in [0.5, 0.6) is 0 Å². The van der Waals surface area contributed by atoms with E-state index in [1.807, 2.05) is 0 Å². The summed E-state index contributed by atoms with van der Waals surface area (Å²) in [5, 5.41) is 8.14. The van der Waals surface area contributed by atoms with E-state index in [-0.39, 0.29) is 8.77 Å². The number of hydrogen-bond donors (Lipinski definition) is 2. The Bertz CT molecular complexity index is 388. The minimum atomic E-state index is 0.260. The number of nitrogens with zero attached hydrogens (tertiary/aromatic N) is 2. The van der Waals surface area contributed by atoms with Crippen molar-refractivity contribution in [3.8, 4) is 0 Å². The van der Waals surface area contributed by atoms with E-state index in [4.69, 9.17) is 9.47 Å². The number of hydrogen-bond acceptors (Lipinski definition) is 9. The van der Waals surface area contributed by atoms with Gasteiger partial charge >= 0.3 is 0 Å². The van der Waals surface area contributed by atoms with Crippen molar-refractivity contribution in [1.82, 2.24) is 10.2 Å². The van der Waals surface area contributed by atoms with Crippen molar-refractivity contribution in [2.45, 2.75) is 8.68 Å². The van der Waals surface area contributed by atoms with Gasteiger partial charge in [0, 0.05) is 11.5 Å². The van der Waals surface area contributed by atoms with Gasteiger partial charge in [0.05, 0.1) is 13.2 Å². The number of aromatic nitrogens is 2.